The molecule has 0 spiro atoms. The monoisotopic (exact) mass is 374 g/mol. The summed E-state index contributed by atoms with van der Waals surface area (Å²) in [4.78, 5) is 14.4. The molecule has 0 bridgehead atoms. The second kappa shape index (κ2) is 9.04. The van der Waals surface area contributed by atoms with E-state index in [4.69, 9.17) is 9.15 Å². The van der Waals surface area contributed by atoms with E-state index in [0.29, 0.717) is 12.5 Å². The van der Waals surface area contributed by atoms with Crippen molar-refractivity contribution in [1.29, 1.82) is 0 Å². The number of amides is 1. The average molecular weight is 374 g/mol. The minimum Gasteiger partial charge on any atom is -0.481 e. The van der Waals surface area contributed by atoms with Gasteiger partial charge in [0.1, 0.15) is 11.5 Å². The molecule has 0 aliphatic carbocycles. The fraction of sp³-hybridized carbons (Fsp3) is 0.476. The van der Waals surface area contributed by atoms with Crippen molar-refractivity contribution < 1.29 is 18.3 Å². The quantitative estimate of drug-likeness (QED) is 0.807. The van der Waals surface area contributed by atoms with E-state index < -0.39 is 5.82 Å². The molecular formula is C21H27FN2O3. The van der Waals surface area contributed by atoms with E-state index in [1.807, 2.05) is 13.8 Å². The van der Waals surface area contributed by atoms with Gasteiger partial charge in [-0.2, -0.15) is 0 Å². The molecule has 1 amide bonds. The second-order valence-electron chi connectivity index (χ2n) is 7.18. The van der Waals surface area contributed by atoms with Crippen LogP contribution in [0.3, 0.4) is 0 Å². The Kier molecular flexibility index (Phi) is 6.50. The molecule has 1 N–H and O–H groups in total. The molecule has 1 aliphatic rings. The predicted molar refractivity (Wildman–Crippen MR) is 101 cm³/mol. The Bertz CT molecular complexity index is 767. The van der Waals surface area contributed by atoms with Gasteiger partial charge in [0.15, 0.2) is 18.2 Å². The van der Waals surface area contributed by atoms with Crippen molar-refractivity contribution in [3.05, 3.63) is 53.2 Å². The van der Waals surface area contributed by atoms with E-state index in [2.05, 4.69) is 16.3 Å². The Balaban J connectivity index is 1.35. The van der Waals surface area contributed by atoms with Crippen LogP contribution in [0.5, 0.6) is 5.75 Å². The van der Waals surface area contributed by atoms with E-state index in [0.717, 1.165) is 44.0 Å². The van der Waals surface area contributed by atoms with Crippen molar-refractivity contribution in [3.8, 4) is 5.75 Å². The van der Waals surface area contributed by atoms with Crippen LogP contribution in [0.2, 0.25) is 0 Å². The highest BCUT2D eigenvalue weighted by molar-refractivity contribution is 5.77. The number of furan rings is 1. The molecule has 2 heterocycles. The molecule has 0 radical (unpaired) electrons. The summed E-state index contributed by atoms with van der Waals surface area (Å²) < 4.78 is 24.3. The minimum atomic E-state index is -0.458. The van der Waals surface area contributed by atoms with Gasteiger partial charge in [-0.15, -0.1) is 0 Å². The Morgan fingerprint density at radius 3 is 2.70 bits per heavy atom. The van der Waals surface area contributed by atoms with Gasteiger partial charge in [0.05, 0.1) is 0 Å². The first kappa shape index (κ1) is 19.4. The van der Waals surface area contributed by atoms with Gasteiger partial charge in [-0.05, 0) is 63.9 Å². The average Bonchev–Trinajstić information content (AvgIpc) is 2.97. The Morgan fingerprint density at radius 1 is 1.30 bits per heavy atom. The normalized spacial score (nSPS) is 15.7. The Labute approximate surface area is 159 Å². The van der Waals surface area contributed by atoms with Gasteiger partial charge in [-0.25, -0.2) is 4.39 Å². The molecule has 3 rings (SSSR count). The topological polar surface area (TPSA) is 54.7 Å². The highest BCUT2D eigenvalue weighted by atomic mass is 19.1. The van der Waals surface area contributed by atoms with Gasteiger partial charge in [0.2, 0.25) is 0 Å². The number of hydrogen-bond donors (Lipinski definition) is 1. The van der Waals surface area contributed by atoms with E-state index in [-0.39, 0.29) is 18.3 Å². The third-order valence-corrected chi connectivity index (χ3v) is 5.03. The number of benzene rings is 1. The number of halogens is 1. The smallest absolute Gasteiger partial charge is 0.257 e. The number of ether oxygens (including phenoxy) is 1. The zero-order chi connectivity index (χ0) is 19.2. The zero-order valence-electron chi connectivity index (χ0n) is 16.0. The molecule has 5 nitrogen and oxygen atoms in total. The Hall–Kier alpha value is -2.34. The first-order chi connectivity index (χ1) is 13.0. The SMILES string of the molecule is Cc1cc(CN2CCC(CNC(=O)COc3ccccc3F)CC2)c(C)o1. The summed E-state index contributed by atoms with van der Waals surface area (Å²) in [5.74, 6) is 1.84. The summed E-state index contributed by atoms with van der Waals surface area (Å²) in [5, 5.41) is 2.90. The van der Waals surface area contributed by atoms with Crippen molar-refractivity contribution in [2.75, 3.05) is 26.2 Å². The highest BCUT2D eigenvalue weighted by Crippen LogP contribution is 2.21. The molecule has 0 saturated carbocycles. The van der Waals surface area contributed by atoms with Crippen molar-refractivity contribution in [2.45, 2.75) is 33.2 Å². The molecule has 6 heteroatoms. The fourth-order valence-corrected chi connectivity index (χ4v) is 3.44. The highest BCUT2D eigenvalue weighted by Gasteiger charge is 2.21. The molecule has 1 fully saturated rings. The third-order valence-electron chi connectivity index (χ3n) is 5.03. The van der Waals surface area contributed by atoms with Crippen LogP contribution < -0.4 is 10.1 Å². The first-order valence-electron chi connectivity index (χ1n) is 9.43. The van der Waals surface area contributed by atoms with Crippen LogP contribution in [0.15, 0.2) is 34.7 Å². The van der Waals surface area contributed by atoms with E-state index >= 15 is 0 Å². The van der Waals surface area contributed by atoms with Crippen LogP contribution in [0.4, 0.5) is 4.39 Å². The third kappa shape index (κ3) is 5.57. The maximum atomic E-state index is 13.5. The van der Waals surface area contributed by atoms with Crippen LogP contribution in [-0.2, 0) is 11.3 Å². The van der Waals surface area contributed by atoms with Crippen molar-refractivity contribution in [3.63, 3.8) is 0 Å². The largest absolute Gasteiger partial charge is 0.481 e. The number of carbonyl (C=O) groups is 1. The number of likely N-dealkylation sites (tertiary alicyclic amines) is 1. The van der Waals surface area contributed by atoms with Crippen LogP contribution in [0, 0.1) is 25.6 Å². The summed E-state index contributed by atoms with van der Waals surface area (Å²) in [6.07, 6.45) is 2.09. The summed E-state index contributed by atoms with van der Waals surface area (Å²) in [6, 6.07) is 8.20. The lowest BCUT2D eigenvalue weighted by molar-refractivity contribution is -0.123. The van der Waals surface area contributed by atoms with Crippen LogP contribution in [0.25, 0.3) is 0 Å². The van der Waals surface area contributed by atoms with E-state index in [1.165, 1.54) is 17.7 Å². The molecule has 1 aliphatic heterocycles. The maximum absolute atomic E-state index is 13.5. The molecule has 2 aromatic rings. The number of nitrogens with zero attached hydrogens (tertiary/aromatic N) is 1. The number of hydrogen-bond acceptors (Lipinski definition) is 4. The fourth-order valence-electron chi connectivity index (χ4n) is 3.44. The summed E-state index contributed by atoms with van der Waals surface area (Å²) >= 11 is 0. The number of carbonyl (C=O) groups excluding carboxylic acids is 1. The summed E-state index contributed by atoms with van der Waals surface area (Å²) in [5.41, 5.74) is 1.25. The van der Waals surface area contributed by atoms with E-state index in [1.54, 1.807) is 12.1 Å². The predicted octanol–water partition coefficient (Wildman–Crippen LogP) is 3.44. The van der Waals surface area contributed by atoms with Gasteiger partial charge in [-0.3, -0.25) is 9.69 Å². The molecular weight excluding hydrogens is 347 g/mol. The van der Waals surface area contributed by atoms with Gasteiger partial charge in [0, 0.05) is 18.7 Å². The summed E-state index contributed by atoms with van der Waals surface area (Å²) in [6.45, 7) is 7.38. The number of nitrogens with one attached hydrogen (secondary N) is 1. The van der Waals surface area contributed by atoms with Crippen molar-refractivity contribution in [1.82, 2.24) is 10.2 Å². The minimum absolute atomic E-state index is 0.103. The Morgan fingerprint density at radius 2 is 2.04 bits per heavy atom. The molecule has 0 unspecified atom stereocenters. The first-order valence-corrected chi connectivity index (χ1v) is 9.43. The van der Waals surface area contributed by atoms with Crippen molar-refractivity contribution >= 4 is 5.91 Å². The molecule has 1 aromatic heterocycles. The number of piperidine rings is 1. The molecule has 146 valence electrons. The van der Waals surface area contributed by atoms with Gasteiger partial charge >= 0.3 is 0 Å². The van der Waals surface area contributed by atoms with E-state index in [9.17, 15) is 9.18 Å². The lowest BCUT2D eigenvalue weighted by atomic mass is 9.96. The molecule has 0 atom stereocenters. The van der Waals surface area contributed by atoms with Crippen LogP contribution in [-0.4, -0.2) is 37.0 Å². The molecule has 1 saturated heterocycles. The van der Waals surface area contributed by atoms with Gasteiger partial charge in [-0.1, -0.05) is 12.1 Å². The number of para-hydroxylation sites is 1. The molecule has 1 aromatic carbocycles. The summed E-state index contributed by atoms with van der Waals surface area (Å²) in [7, 11) is 0. The number of rotatable bonds is 7. The van der Waals surface area contributed by atoms with Crippen LogP contribution >= 0.6 is 0 Å². The van der Waals surface area contributed by atoms with Crippen LogP contribution in [0.1, 0.15) is 29.9 Å². The lowest BCUT2D eigenvalue weighted by Crippen LogP contribution is -2.39. The number of aryl methyl sites for hydroxylation is 2. The van der Waals surface area contributed by atoms with Gasteiger partial charge in [0.25, 0.3) is 5.91 Å². The second-order valence-corrected chi connectivity index (χ2v) is 7.18. The maximum Gasteiger partial charge on any atom is 0.257 e. The standard InChI is InChI=1S/C21H27FN2O3/c1-15-11-18(16(2)27-15)13-24-9-7-17(8-10-24)12-23-21(25)14-26-20-6-4-3-5-19(20)22/h3-6,11,17H,7-10,12-14H2,1-2H3,(H,23,25). The van der Waals surface area contributed by atoms with Gasteiger partial charge < -0.3 is 14.5 Å². The van der Waals surface area contributed by atoms with Crippen molar-refractivity contribution in [2.24, 2.45) is 5.92 Å². The molecule has 27 heavy (non-hydrogen) atoms. The lowest BCUT2D eigenvalue weighted by Gasteiger charge is -2.31. The zero-order valence-corrected chi connectivity index (χ0v) is 16.0.